The van der Waals surface area contributed by atoms with Crippen molar-refractivity contribution < 1.29 is 4.42 Å². The zero-order chi connectivity index (χ0) is 14.7. The van der Waals surface area contributed by atoms with Gasteiger partial charge in [0.2, 0.25) is 0 Å². The maximum atomic E-state index is 12.0. The lowest BCUT2D eigenvalue weighted by molar-refractivity contribution is 0.489. The number of nitrogens with one attached hydrogen (secondary N) is 1. The molecule has 0 saturated heterocycles. The highest BCUT2D eigenvalue weighted by Gasteiger charge is 2.06. The van der Waals surface area contributed by atoms with Gasteiger partial charge < -0.3 is 8.98 Å². The van der Waals surface area contributed by atoms with Gasteiger partial charge in [0, 0.05) is 30.6 Å². The van der Waals surface area contributed by atoms with Crippen LogP contribution in [0.4, 0.5) is 0 Å². The van der Waals surface area contributed by atoms with E-state index in [4.69, 9.17) is 16.6 Å². The molecule has 3 rings (SSSR count). The van der Waals surface area contributed by atoms with Crippen LogP contribution in [0.1, 0.15) is 16.9 Å². The van der Waals surface area contributed by atoms with E-state index in [0.29, 0.717) is 23.3 Å². The van der Waals surface area contributed by atoms with Crippen LogP contribution < -0.4 is 5.56 Å². The molecule has 0 atom stereocenters. The summed E-state index contributed by atoms with van der Waals surface area (Å²) in [6, 6.07) is 3.67. The van der Waals surface area contributed by atoms with Crippen molar-refractivity contribution >= 4 is 12.2 Å². The number of aromatic amines is 1. The van der Waals surface area contributed by atoms with Gasteiger partial charge in [0.15, 0.2) is 4.77 Å². The van der Waals surface area contributed by atoms with Gasteiger partial charge in [0.05, 0.1) is 12.8 Å². The highest BCUT2D eigenvalue weighted by atomic mass is 32.1. The van der Waals surface area contributed by atoms with Gasteiger partial charge >= 0.3 is 0 Å². The van der Waals surface area contributed by atoms with Gasteiger partial charge in [-0.05, 0) is 29.9 Å². The fourth-order valence-corrected chi connectivity index (χ4v) is 2.22. The Balaban J connectivity index is 1.94. The van der Waals surface area contributed by atoms with Gasteiger partial charge in [-0.1, -0.05) is 0 Å². The Morgan fingerprint density at radius 2 is 2.14 bits per heavy atom. The molecular formula is C14H12N4O2S. The average molecular weight is 300 g/mol. The third-order valence-electron chi connectivity index (χ3n) is 3.00. The van der Waals surface area contributed by atoms with Crippen LogP contribution in [0.5, 0.6) is 0 Å². The Morgan fingerprint density at radius 1 is 1.33 bits per heavy atom. The maximum Gasteiger partial charge on any atom is 0.255 e. The molecule has 0 unspecified atom stereocenters. The van der Waals surface area contributed by atoms with E-state index in [1.165, 1.54) is 6.33 Å². The average Bonchev–Trinajstić information content (AvgIpc) is 2.98. The molecule has 0 aliphatic heterocycles. The van der Waals surface area contributed by atoms with Crippen molar-refractivity contribution in [1.29, 1.82) is 0 Å². The first-order valence-corrected chi connectivity index (χ1v) is 6.72. The van der Waals surface area contributed by atoms with Crippen molar-refractivity contribution in [2.75, 3.05) is 0 Å². The van der Waals surface area contributed by atoms with Gasteiger partial charge in [-0.15, -0.1) is 0 Å². The predicted molar refractivity (Wildman–Crippen MR) is 78.5 cm³/mol. The Labute approximate surface area is 125 Å². The highest BCUT2D eigenvalue weighted by molar-refractivity contribution is 7.71. The van der Waals surface area contributed by atoms with E-state index in [1.54, 1.807) is 29.4 Å². The van der Waals surface area contributed by atoms with Crippen LogP contribution in [0.25, 0.3) is 0 Å². The van der Waals surface area contributed by atoms with E-state index in [-0.39, 0.29) is 5.56 Å². The zero-order valence-electron chi connectivity index (χ0n) is 11.0. The van der Waals surface area contributed by atoms with E-state index in [0.717, 1.165) is 11.3 Å². The molecule has 0 aliphatic carbocycles. The molecule has 21 heavy (non-hydrogen) atoms. The summed E-state index contributed by atoms with van der Waals surface area (Å²) in [5, 5.41) is 0. The number of H-pyrrole nitrogens is 1. The lowest BCUT2D eigenvalue weighted by Crippen LogP contribution is -2.18. The first kappa shape index (κ1) is 13.4. The topological polar surface area (TPSA) is 76.7 Å². The van der Waals surface area contributed by atoms with Crippen LogP contribution in [0.2, 0.25) is 0 Å². The molecule has 0 fully saturated rings. The van der Waals surface area contributed by atoms with Crippen LogP contribution >= 0.6 is 12.2 Å². The van der Waals surface area contributed by atoms with Crippen LogP contribution in [0.3, 0.4) is 0 Å². The number of hydrogen-bond acceptors (Lipinski definition) is 5. The number of hydrogen-bond donors (Lipinski definition) is 1. The van der Waals surface area contributed by atoms with Gasteiger partial charge in [-0.2, -0.15) is 0 Å². The Kier molecular flexibility index (Phi) is 3.74. The van der Waals surface area contributed by atoms with Crippen LogP contribution in [-0.2, 0) is 13.0 Å². The Bertz CT molecular complexity index is 837. The molecular weight excluding hydrogens is 288 g/mol. The smallest absolute Gasteiger partial charge is 0.255 e. The Hall–Kier alpha value is -2.54. The molecule has 0 spiro atoms. The second-order valence-electron chi connectivity index (χ2n) is 4.54. The van der Waals surface area contributed by atoms with Crippen molar-refractivity contribution in [3.05, 3.63) is 75.3 Å². The van der Waals surface area contributed by atoms with E-state index >= 15 is 0 Å². The number of aromatic nitrogens is 4. The summed E-state index contributed by atoms with van der Waals surface area (Å²) in [7, 11) is 0. The number of nitrogens with zero attached hydrogens (tertiary/aromatic N) is 3. The highest BCUT2D eigenvalue weighted by Crippen LogP contribution is 2.06. The van der Waals surface area contributed by atoms with E-state index < -0.39 is 0 Å². The molecule has 3 aromatic rings. The summed E-state index contributed by atoms with van der Waals surface area (Å²) in [5.74, 6) is 0.771. The first-order valence-electron chi connectivity index (χ1n) is 6.31. The minimum Gasteiger partial charge on any atom is -0.467 e. The third-order valence-corrected chi connectivity index (χ3v) is 3.34. The van der Waals surface area contributed by atoms with E-state index in [2.05, 4.69) is 15.0 Å². The van der Waals surface area contributed by atoms with Crippen molar-refractivity contribution in [2.24, 2.45) is 0 Å². The summed E-state index contributed by atoms with van der Waals surface area (Å²) < 4.78 is 7.44. The summed E-state index contributed by atoms with van der Waals surface area (Å²) in [4.78, 5) is 22.6. The predicted octanol–water partition coefficient (Wildman–Crippen LogP) is 1.93. The van der Waals surface area contributed by atoms with Crippen molar-refractivity contribution in [3.63, 3.8) is 0 Å². The molecule has 3 aromatic heterocycles. The molecule has 1 N–H and O–H groups in total. The molecule has 0 amide bonds. The van der Waals surface area contributed by atoms with Gasteiger partial charge in [-0.3, -0.25) is 9.78 Å². The molecule has 0 saturated carbocycles. The van der Waals surface area contributed by atoms with E-state index in [1.807, 2.05) is 12.1 Å². The SMILES string of the molecule is O=c1[nH]c(=S)n(Cc2ccco2)cc1Cc1cncnc1. The molecule has 0 bridgehead atoms. The maximum absolute atomic E-state index is 12.0. The first-order chi connectivity index (χ1) is 10.2. The van der Waals surface area contributed by atoms with Crippen molar-refractivity contribution in [2.45, 2.75) is 13.0 Å². The van der Waals surface area contributed by atoms with Crippen LogP contribution in [0.15, 0.2) is 52.5 Å². The summed E-state index contributed by atoms with van der Waals surface area (Å²) >= 11 is 5.18. The fraction of sp³-hybridized carbons (Fsp3) is 0.143. The number of furan rings is 1. The van der Waals surface area contributed by atoms with Crippen molar-refractivity contribution in [1.82, 2.24) is 19.5 Å². The lowest BCUT2D eigenvalue weighted by Gasteiger charge is -2.07. The minimum absolute atomic E-state index is 0.195. The molecule has 0 radical (unpaired) electrons. The summed E-state index contributed by atoms with van der Waals surface area (Å²) in [6.07, 6.45) is 8.63. The molecule has 3 heterocycles. The van der Waals surface area contributed by atoms with Gasteiger partial charge in [-0.25, -0.2) is 9.97 Å². The lowest BCUT2D eigenvalue weighted by atomic mass is 10.1. The van der Waals surface area contributed by atoms with Gasteiger partial charge in [0.1, 0.15) is 12.1 Å². The molecule has 6 nitrogen and oxygen atoms in total. The quantitative estimate of drug-likeness (QED) is 0.745. The zero-order valence-corrected chi connectivity index (χ0v) is 11.8. The summed E-state index contributed by atoms with van der Waals surface area (Å²) in [6.45, 7) is 0.473. The van der Waals surface area contributed by atoms with Gasteiger partial charge in [0.25, 0.3) is 5.56 Å². The molecule has 7 heteroatoms. The largest absolute Gasteiger partial charge is 0.467 e. The second kappa shape index (κ2) is 5.84. The summed E-state index contributed by atoms with van der Waals surface area (Å²) in [5.41, 5.74) is 1.27. The normalized spacial score (nSPS) is 10.7. The monoisotopic (exact) mass is 300 g/mol. The minimum atomic E-state index is -0.195. The molecule has 0 aliphatic rings. The second-order valence-corrected chi connectivity index (χ2v) is 4.93. The molecule has 0 aromatic carbocycles. The fourth-order valence-electron chi connectivity index (χ4n) is 2.01. The van der Waals surface area contributed by atoms with Crippen LogP contribution in [0, 0.1) is 4.77 Å². The van der Waals surface area contributed by atoms with E-state index in [9.17, 15) is 4.79 Å². The molecule has 106 valence electrons. The number of rotatable bonds is 4. The third kappa shape index (κ3) is 3.14. The standard InChI is InChI=1S/C14H12N4O2S/c19-13-11(4-10-5-15-9-16-6-10)7-18(14(21)17-13)8-12-2-1-3-20-12/h1-3,5-7,9H,4,8H2,(H,17,19,21). The van der Waals surface area contributed by atoms with Crippen LogP contribution in [-0.4, -0.2) is 19.5 Å². The Morgan fingerprint density at radius 3 is 2.86 bits per heavy atom. The van der Waals surface area contributed by atoms with Crippen molar-refractivity contribution in [3.8, 4) is 0 Å².